The van der Waals surface area contributed by atoms with Gasteiger partial charge in [0.25, 0.3) is 0 Å². The van der Waals surface area contributed by atoms with Gasteiger partial charge in [0.2, 0.25) is 0 Å². The van der Waals surface area contributed by atoms with Crippen molar-refractivity contribution in [1.82, 2.24) is 0 Å². The van der Waals surface area contributed by atoms with E-state index in [2.05, 4.69) is 29.2 Å². The zero-order valence-corrected chi connectivity index (χ0v) is 11.5. The van der Waals surface area contributed by atoms with Crippen LogP contribution in [0.5, 0.6) is 5.75 Å². The summed E-state index contributed by atoms with van der Waals surface area (Å²) < 4.78 is 0. The fourth-order valence-electron chi connectivity index (χ4n) is 2.86. The molecule has 0 saturated carbocycles. The van der Waals surface area contributed by atoms with Crippen LogP contribution in [-0.2, 0) is 13.0 Å². The first kappa shape index (κ1) is 12.9. The molecule has 2 aromatic carbocycles. The summed E-state index contributed by atoms with van der Waals surface area (Å²) in [4.78, 5) is 2.41. The van der Waals surface area contributed by atoms with E-state index in [-0.39, 0.29) is 5.75 Å². The Kier molecular flexibility index (Phi) is 3.50. The van der Waals surface area contributed by atoms with Gasteiger partial charge in [-0.2, -0.15) is 0 Å². The molecule has 1 heterocycles. The van der Waals surface area contributed by atoms with Gasteiger partial charge in [-0.3, -0.25) is 0 Å². The van der Waals surface area contributed by atoms with Gasteiger partial charge in [0.05, 0.1) is 5.69 Å². The molecule has 3 nitrogen and oxygen atoms in total. The minimum atomic E-state index is 0.157. The monoisotopic (exact) mass is 268 g/mol. The minimum absolute atomic E-state index is 0.157. The molecule has 0 spiro atoms. The lowest BCUT2D eigenvalue weighted by atomic mass is 10.1. The van der Waals surface area contributed by atoms with Crippen LogP contribution in [0.25, 0.3) is 0 Å². The molecule has 0 radical (unpaired) electrons. The first-order valence-corrected chi connectivity index (χ1v) is 7.14. The molecule has 0 aliphatic carbocycles. The molecule has 0 bridgehead atoms. The number of phenolic OH excluding ortho intramolecular Hbond substituents is 1. The van der Waals surface area contributed by atoms with Crippen molar-refractivity contribution in [2.45, 2.75) is 25.8 Å². The highest BCUT2D eigenvalue weighted by Crippen LogP contribution is 2.28. The molecule has 104 valence electrons. The number of aromatic hydroxyl groups is 1. The molecular weight excluding hydrogens is 248 g/mol. The van der Waals surface area contributed by atoms with Crippen LogP contribution in [0.3, 0.4) is 0 Å². The lowest BCUT2D eigenvalue weighted by Crippen LogP contribution is -2.23. The number of benzene rings is 2. The van der Waals surface area contributed by atoms with Gasteiger partial charge in [-0.15, -0.1) is 0 Å². The van der Waals surface area contributed by atoms with E-state index < -0.39 is 0 Å². The highest BCUT2D eigenvalue weighted by molar-refractivity contribution is 5.57. The largest absolute Gasteiger partial charge is 0.506 e. The summed E-state index contributed by atoms with van der Waals surface area (Å²) in [6.45, 7) is 1.90. The number of hydrogen-bond acceptors (Lipinski definition) is 3. The zero-order valence-electron chi connectivity index (χ0n) is 11.5. The highest BCUT2D eigenvalue weighted by Gasteiger charge is 2.15. The van der Waals surface area contributed by atoms with Crippen LogP contribution in [-0.4, -0.2) is 11.7 Å². The topological polar surface area (TPSA) is 49.5 Å². The standard InChI is InChI=1S/C17H20N2O/c18-15-11-13(8-9-17(15)20)12-19-10-4-3-6-14-5-1-2-7-16(14)19/h1-2,5,7-9,11,20H,3-4,6,10,12,18H2. The van der Waals surface area contributed by atoms with Gasteiger partial charge in [-0.25, -0.2) is 0 Å². The third kappa shape index (κ3) is 2.57. The number of nitrogens with two attached hydrogens (primary N) is 1. The SMILES string of the molecule is Nc1cc(CN2CCCCc3ccccc32)ccc1O. The number of aryl methyl sites for hydroxylation is 1. The molecule has 0 aromatic heterocycles. The van der Waals surface area contributed by atoms with Crippen molar-refractivity contribution in [3.8, 4) is 5.75 Å². The molecule has 2 aromatic rings. The van der Waals surface area contributed by atoms with Crippen LogP contribution < -0.4 is 10.6 Å². The maximum atomic E-state index is 9.51. The number of nitrogens with zero attached hydrogens (tertiary/aromatic N) is 1. The normalized spacial score (nSPS) is 14.7. The quantitative estimate of drug-likeness (QED) is 0.649. The lowest BCUT2D eigenvalue weighted by Gasteiger charge is -2.25. The van der Waals surface area contributed by atoms with Gasteiger partial charge in [-0.1, -0.05) is 24.3 Å². The summed E-state index contributed by atoms with van der Waals surface area (Å²) in [5.74, 6) is 0.157. The summed E-state index contributed by atoms with van der Waals surface area (Å²) in [5, 5.41) is 9.51. The van der Waals surface area contributed by atoms with Gasteiger partial charge in [-0.05, 0) is 48.6 Å². The lowest BCUT2D eigenvalue weighted by molar-refractivity contribution is 0.477. The molecule has 0 fully saturated rings. The summed E-state index contributed by atoms with van der Waals surface area (Å²) in [7, 11) is 0. The van der Waals surface area contributed by atoms with Crippen molar-refractivity contribution in [3.63, 3.8) is 0 Å². The van der Waals surface area contributed by atoms with Crippen LogP contribution in [0.2, 0.25) is 0 Å². The number of nitrogen functional groups attached to an aromatic ring is 1. The van der Waals surface area contributed by atoms with Crippen molar-refractivity contribution in [2.24, 2.45) is 0 Å². The average Bonchev–Trinajstić information content (AvgIpc) is 2.66. The zero-order chi connectivity index (χ0) is 13.9. The summed E-state index contributed by atoms with van der Waals surface area (Å²) in [6, 6.07) is 14.1. The van der Waals surface area contributed by atoms with E-state index >= 15 is 0 Å². The second-order valence-corrected chi connectivity index (χ2v) is 5.40. The number of rotatable bonds is 2. The number of phenols is 1. The molecule has 1 aliphatic heterocycles. The van der Waals surface area contributed by atoms with E-state index in [9.17, 15) is 5.11 Å². The highest BCUT2D eigenvalue weighted by atomic mass is 16.3. The molecule has 3 heteroatoms. The van der Waals surface area contributed by atoms with Crippen molar-refractivity contribution in [2.75, 3.05) is 17.2 Å². The molecule has 1 aliphatic rings. The van der Waals surface area contributed by atoms with Crippen molar-refractivity contribution in [1.29, 1.82) is 0 Å². The van der Waals surface area contributed by atoms with Crippen molar-refractivity contribution >= 4 is 11.4 Å². The summed E-state index contributed by atoms with van der Waals surface area (Å²) >= 11 is 0. The van der Waals surface area contributed by atoms with E-state index in [4.69, 9.17) is 5.73 Å². The van der Waals surface area contributed by atoms with E-state index in [1.54, 1.807) is 6.07 Å². The Morgan fingerprint density at radius 1 is 1.10 bits per heavy atom. The van der Waals surface area contributed by atoms with Gasteiger partial charge in [0.1, 0.15) is 5.75 Å². The minimum Gasteiger partial charge on any atom is -0.506 e. The third-order valence-corrected chi connectivity index (χ3v) is 3.92. The van der Waals surface area contributed by atoms with Crippen LogP contribution in [0.4, 0.5) is 11.4 Å². The predicted octanol–water partition coefficient (Wildman–Crippen LogP) is 3.32. The Morgan fingerprint density at radius 3 is 2.80 bits per heavy atom. The van der Waals surface area contributed by atoms with Crippen LogP contribution in [0.15, 0.2) is 42.5 Å². The van der Waals surface area contributed by atoms with E-state index in [1.807, 2.05) is 12.1 Å². The Hall–Kier alpha value is -2.16. The van der Waals surface area contributed by atoms with Gasteiger partial charge < -0.3 is 15.7 Å². The second kappa shape index (κ2) is 5.45. The Morgan fingerprint density at radius 2 is 1.95 bits per heavy atom. The molecule has 3 rings (SSSR count). The van der Waals surface area contributed by atoms with E-state index in [0.29, 0.717) is 5.69 Å². The van der Waals surface area contributed by atoms with Crippen LogP contribution in [0, 0.1) is 0 Å². The van der Waals surface area contributed by atoms with Crippen LogP contribution >= 0.6 is 0 Å². The van der Waals surface area contributed by atoms with Crippen molar-refractivity contribution in [3.05, 3.63) is 53.6 Å². The number of para-hydroxylation sites is 1. The Labute approximate surface area is 119 Å². The fourth-order valence-corrected chi connectivity index (χ4v) is 2.86. The maximum Gasteiger partial charge on any atom is 0.138 e. The van der Waals surface area contributed by atoms with Crippen LogP contribution in [0.1, 0.15) is 24.0 Å². The number of hydrogen-bond donors (Lipinski definition) is 2. The average molecular weight is 268 g/mol. The fraction of sp³-hybridized carbons (Fsp3) is 0.294. The predicted molar refractivity (Wildman–Crippen MR) is 82.9 cm³/mol. The first-order chi connectivity index (χ1) is 9.74. The van der Waals surface area contributed by atoms with Crippen molar-refractivity contribution < 1.29 is 5.11 Å². The molecule has 20 heavy (non-hydrogen) atoms. The van der Waals surface area contributed by atoms with E-state index in [0.717, 1.165) is 25.1 Å². The molecular formula is C17H20N2O. The molecule has 3 N–H and O–H groups in total. The first-order valence-electron chi connectivity index (χ1n) is 7.14. The molecule has 0 unspecified atom stereocenters. The molecule has 0 saturated heterocycles. The summed E-state index contributed by atoms with van der Waals surface area (Å²) in [5.41, 5.74) is 10.1. The number of anilines is 2. The summed E-state index contributed by atoms with van der Waals surface area (Å²) in [6.07, 6.45) is 3.61. The van der Waals surface area contributed by atoms with Gasteiger partial charge in [0, 0.05) is 18.8 Å². The maximum absolute atomic E-state index is 9.51. The van der Waals surface area contributed by atoms with Gasteiger partial charge >= 0.3 is 0 Å². The van der Waals surface area contributed by atoms with E-state index in [1.165, 1.54) is 24.1 Å². The smallest absolute Gasteiger partial charge is 0.138 e. The van der Waals surface area contributed by atoms with Gasteiger partial charge in [0.15, 0.2) is 0 Å². The number of fused-ring (bicyclic) bond motifs is 1. The third-order valence-electron chi connectivity index (χ3n) is 3.92. The Bertz CT molecular complexity index is 610. The Balaban J connectivity index is 1.88. The second-order valence-electron chi connectivity index (χ2n) is 5.40. The molecule has 0 amide bonds. The molecule has 0 atom stereocenters.